The van der Waals surface area contributed by atoms with E-state index in [1.165, 1.54) is 23.1 Å². The molecule has 0 spiro atoms. The zero-order valence-corrected chi connectivity index (χ0v) is 19.9. The number of aromatic nitrogens is 4. The van der Waals surface area contributed by atoms with Crippen molar-refractivity contribution in [2.45, 2.75) is 18.2 Å². The highest BCUT2D eigenvalue weighted by molar-refractivity contribution is 7.99. The molecule has 0 aliphatic rings. The Morgan fingerprint density at radius 2 is 1.91 bits per heavy atom. The monoisotopic (exact) mass is 491 g/mol. The fraction of sp³-hybridized carbons (Fsp3) is 0.167. The van der Waals surface area contributed by atoms with Crippen molar-refractivity contribution >= 4 is 45.0 Å². The normalized spacial score (nSPS) is 11.2. The Morgan fingerprint density at radius 3 is 2.74 bits per heavy atom. The van der Waals surface area contributed by atoms with Crippen molar-refractivity contribution in [3.05, 3.63) is 87.5 Å². The number of methoxy groups -OCH3 is 1. The molecule has 0 aliphatic heterocycles. The molecule has 34 heavy (non-hydrogen) atoms. The summed E-state index contributed by atoms with van der Waals surface area (Å²) in [5.41, 5.74) is 2.60. The maximum absolute atomic E-state index is 13.2. The van der Waals surface area contributed by atoms with Crippen molar-refractivity contribution in [3.8, 4) is 5.75 Å². The first-order valence-corrected chi connectivity index (χ1v) is 12.4. The van der Waals surface area contributed by atoms with Gasteiger partial charge in [-0.05, 0) is 34.7 Å². The Morgan fingerprint density at radius 1 is 1.09 bits per heavy atom. The molecule has 10 heteroatoms. The number of nitrogens with zero attached hydrogens (tertiary/aromatic N) is 4. The van der Waals surface area contributed by atoms with Gasteiger partial charge in [0.15, 0.2) is 5.16 Å². The summed E-state index contributed by atoms with van der Waals surface area (Å²) in [5.74, 6) is 1.26. The number of ether oxygens (including phenoxy) is 1. The molecule has 3 heterocycles. The summed E-state index contributed by atoms with van der Waals surface area (Å²) >= 11 is 2.68. The molecule has 1 amide bonds. The van der Waals surface area contributed by atoms with E-state index < -0.39 is 0 Å². The fourth-order valence-corrected chi connectivity index (χ4v) is 5.26. The molecule has 5 aromatic rings. The topological polar surface area (TPSA) is 90.5 Å². The Kier molecular flexibility index (Phi) is 6.33. The second-order valence-electron chi connectivity index (χ2n) is 7.55. The average Bonchev–Trinajstić information content (AvgIpc) is 3.52. The Balaban J connectivity index is 1.38. The van der Waals surface area contributed by atoms with Gasteiger partial charge in [0.25, 0.3) is 5.56 Å². The Labute approximate surface area is 203 Å². The minimum atomic E-state index is -0.122. The number of carbonyl (C=O) groups is 1. The van der Waals surface area contributed by atoms with Gasteiger partial charge < -0.3 is 10.1 Å². The molecule has 0 radical (unpaired) electrons. The van der Waals surface area contributed by atoms with Crippen molar-refractivity contribution in [2.24, 2.45) is 0 Å². The predicted octanol–water partition coefficient (Wildman–Crippen LogP) is 3.57. The van der Waals surface area contributed by atoms with E-state index in [4.69, 9.17) is 4.74 Å². The summed E-state index contributed by atoms with van der Waals surface area (Å²) < 4.78 is 9.35. The van der Waals surface area contributed by atoms with Gasteiger partial charge >= 0.3 is 0 Å². The predicted molar refractivity (Wildman–Crippen MR) is 134 cm³/mol. The lowest BCUT2D eigenvalue weighted by molar-refractivity contribution is -0.118. The van der Waals surface area contributed by atoms with E-state index in [0.29, 0.717) is 28.7 Å². The van der Waals surface area contributed by atoms with Crippen LogP contribution in [-0.4, -0.2) is 37.9 Å². The van der Waals surface area contributed by atoms with Crippen LogP contribution in [0.3, 0.4) is 0 Å². The third kappa shape index (κ3) is 4.42. The van der Waals surface area contributed by atoms with Crippen LogP contribution in [-0.2, 0) is 17.9 Å². The molecule has 0 bridgehead atoms. The molecule has 0 saturated carbocycles. The van der Waals surface area contributed by atoms with Crippen LogP contribution in [0.4, 0.5) is 0 Å². The lowest BCUT2D eigenvalue weighted by atomic mass is 10.2. The summed E-state index contributed by atoms with van der Waals surface area (Å²) in [6.45, 7) is 0.795. The summed E-state index contributed by atoms with van der Waals surface area (Å²) in [7, 11) is 1.61. The standard InChI is InChI=1S/C24H21N5O3S2/c1-32-18-9-5-8-17(12-18)13-25-20(30)15-34-24-27-26-23-28(14-16-6-3-2-4-7-16)22(31)21-19(29(23)24)10-11-33-21/h2-12H,13-15H2,1H3,(H,25,30). The number of thioether (sulfide) groups is 1. The van der Waals surface area contributed by atoms with E-state index in [0.717, 1.165) is 22.4 Å². The number of hydrogen-bond donors (Lipinski definition) is 1. The minimum absolute atomic E-state index is 0.0960. The number of carbonyl (C=O) groups excluding carboxylic acids is 1. The molecule has 0 atom stereocenters. The second kappa shape index (κ2) is 9.70. The van der Waals surface area contributed by atoms with Crippen molar-refractivity contribution in [1.29, 1.82) is 0 Å². The highest BCUT2D eigenvalue weighted by Crippen LogP contribution is 2.24. The van der Waals surface area contributed by atoms with E-state index in [1.54, 1.807) is 11.7 Å². The summed E-state index contributed by atoms with van der Waals surface area (Å²) in [5, 5.41) is 14.0. The molecular formula is C24H21N5O3S2. The van der Waals surface area contributed by atoms with E-state index in [9.17, 15) is 9.59 Å². The van der Waals surface area contributed by atoms with Gasteiger partial charge in [-0.2, -0.15) is 0 Å². The molecule has 172 valence electrons. The van der Waals surface area contributed by atoms with Crippen molar-refractivity contribution in [2.75, 3.05) is 12.9 Å². The fourth-order valence-electron chi connectivity index (χ4n) is 3.67. The zero-order chi connectivity index (χ0) is 23.5. The number of rotatable bonds is 8. The number of fused-ring (bicyclic) bond motifs is 3. The van der Waals surface area contributed by atoms with Crippen LogP contribution in [0.2, 0.25) is 0 Å². The van der Waals surface area contributed by atoms with Crippen molar-refractivity contribution < 1.29 is 9.53 Å². The van der Waals surface area contributed by atoms with Gasteiger partial charge in [-0.15, -0.1) is 21.5 Å². The molecule has 5 rings (SSSR count). The molecular weight excluding hydrogens is 470 g/mol. The molecule has 0 fully saturated rings. The largest absolute Gasteiger partial charge is 0.497 e. The molecule has 2 aromatic carbocycles. The van der Waals surface area contributed by atoms with Crippen LogP contribution < -0.4 is 15.6 Å². The van der Waals surface area contributed by atoms with Crippen LogP contribution in [0.1, 0.15) is 11.1 Å². The first-order chi connectivity index (χ1) is 16.6. The van der Waals surface area contributed by atoms with Crippen molar-refractivity contribution in [1.82, 2.24) is 24.5 Å². The van der Waals surface area contributed by atoms with Gasteiger partial charge in [0.05, 0.1) is 24.9 Å². The third-order valence-electron chi connectivity index (χ3n) is 5.32. The molecule has 0 saturated heterocycles. The van der Waals surface area contributed by atoms with Crippen LogP contribution in [0.15, 0.2) is 76.0 Å². The lowest BCUT2D eigenvalue weighted by Crippen LogP contribution is -2.25. The van der Waals surface area contributed by atoms with E-state index >= 15 is 0 Å². The van der Waals surface area contributed by atoms with E-state index in [1.807, 2.05) is 70.4 Å². The number of nitrogens with one attached hydrogen (secondary N) is 1. The Hall–Kier alpha value is -3.63. The van der Waals surface area contributed by atoms with E-state index in [2.05, 4.69) is 15.5 Å². The maximum Gasteiger partial charge on any atom is 0.273 e. The minimum Gasteiger partial charge on any atom is -0.497 e. The smallest absolute Gasteiger partial charge is 0.273 e. The molecule has 1 N–H and O–H groups in total. The highest BCUT2D eigenvalue weighted by Gasteiger charge is 2.18. The lowest BCUT2D eigenvalue weighted by Gasteiger charge is -2.10. The first-order valence-electron chi connectivity index (χ1n) is 10.6. The molecule has 0 unspecified atom stereocenters. The van der Waals surface area contributed by atoms with Gasteiger partial charge in [-0.3, -0.25) is 18.6 Å². The van der Waals surface area contributed by atoms with Crippen LogP contribution in [0.5, 0.6) is 5.75 Å². The molecule has 3 aromatic heterocycles. The molecule has 0 aliphatic carbocycles. The van der Waals surface area contributed by atoms with Crippen LogP contribution in [0, 0.1) is 0 Å². The first kappa shape index (κ1) is 22.2. The number of thiophene rings is 1. The number of amides is 1. The second-order valence-corrected chi connectivity index (χ2v) is 9.41. The molecule has 8 nitrogen and oxygen atoms in total. The van der Waals surface area contributed by atoms with Crippen LogP contribution in [0.25, 0.3) is 16.0 Å². The zero-order valence-electron chi connectivity index (χ0n) is 18.3. The van der Waals surface area contributed by atoms with Gasteiger partial charge in [0.2, 0.25) is 11.7 Å². The highest BCUT2D eigenvalue weighted by atomic mass is 32.2. The average molecular weight is 492 g/mol. The van der Waals surface area contributed by atoms with Gasteiger partial charge in [-0.25, -0.2) is 0 Å². The van der Waals surface area contributed by atoms with Gasteiger partial charge in [0.1, 0.15) is 10.4 Å². The number of hydrogen-bond acceptors (Lipinski definition) is 7. The van der Waals surface area contributed by atoms with Crippen LogP contribution >= 0.6 is 23.1 Å². The summed E-state index contributed by atoms with van der Waals surface area (Å²) in [6.07, 6.45) is 0. The van der Waals surface area contributed by atoms with Gasteiger partial charge in [-0.1, -0.05) is 54.2 Å². The Bertz CT molecular complexity index is 1520. The SMILES string of the molecule is COc1cccc(CNC(=O)CSc2nnc3n(Cc4ccccc4)c(=O)c4sccc4n23)c1. The van der Waals surface area contributed by atoms with E-state index in [-0.39, 0.29) is 17.2 Å². The maximum atomic E-state index is 13.2. The summed E-state index contributed by atoms with van der Waals surface area (Å²) in [6, 6.07) is 19.2. The number of benzene rings is 2. The third-order valence-corrected chi connectivity index (χ3v) is 7.14. The quantitative estimate of drug-likeness (QED) is 0.334. The van der Waals surface area contributed by atoms with Crippen molar-refractivity contribution in [3.63, 3.8) is 0 Å². The summed E-state index contributed by atoms with van der Waals surface area (Å²) in [4.78, 5) is 25.7. The van der Waals surface area contributed by atoms with Gasteiger partial charge in [0, 0.05) is 6.54 Å².